The standard InChI is InChI=1S/C18H30N4O3S/c1-19-17(21-15-18(9-6-10-18)11-14-25-2)20-12-13-22-26(23,24)16-7-4-3-5-8-16/h3-5,7-8,22H,6,9-15H2,1-2H3,(H2,19,20,21). The van der Waals surface area contributed by atoms with Crippen LogP contribution >= 0.6 is 0 Å². The maximum atomic E-state index is 12.2. The van der Waals surface area contributed by atoms with Crippen molar-refractivity contribution in [1.29, 1.82) is 0 Å². The van der Waals surface area contributed by atoms with Gasteiger partial charge in [-0.3, -0.25) is 4.99 Å². The normalized spacial score (nSPS) is 16.8. The molecule has 1 fully saturated rings. The summed E-state index contributed by atoms with van der Waals surface area (Å²) in [6.07, 6.45) is 4.72. The van der Waals surface area contributed by atoms with Crippen LogP contribution in [-0.2, 0) is 14.8 Å². The third kappa shape index (κ3) is 5.96. The Kier molecular flexibility index (Phi) is 7.86. The molecule has 0 spiro atoms. The van der Waals surface area contributed by atoms with Crippen LogP contribution in [0, 0.1) is 5.41 Å². The van der Waals surface area contributed by atoms with Crippen molar-refractivity contribution in [2.45, 2.75) is 30.6 Å². The molecule has 1 aliphatic rings. The summed E-state index contributed by atoms with van der Waals surface area (Å²) in [6, 6.07) is 8.36. The highest BCUT2D eigenvalue weighted by molar-refractivity contribution is 7.89. The van der Waals surface area contributed by atoms with Gasteiger partial charge in [0.05, 0.1) is 4.90 Å². The number of sulfonamides is 1. The summed E-state index contributed by atoms with van der Waals surface area (Å²) < 4.78 is 32.1. The number of nitrogens with one attached hydrogen (secondary N) is 3. The van der Waals surface area contributed by atoms with E-state index in [-0.39, 0.29) is 11.4 Å². The number of hydrogen-bond donors (Lipinski definition) is 3. The number of ether oxygens (including phenoxy) is 1. The van der Waals surface area contributed by atoms with Crippen LogP contribution in [-0.4, -0.2) is 54.8 Å². The van der Waals surface area contributed by atoms with Gasteiger partial charge in [-0.2, -0.15) is 0 Å². The molecule has 1 aliphatic carbocycles. The minimum Gasteiger partial charge on any atom is -0.385 e. The second-order valence-corrected chi connectivity index (χ2v) is 8.43. The van der Waals surface area contributed by atoms with Crippen LogP contribution in [0.25, 0.3) is 0 Å². The molecule has 2 rings (SSSR count). The van der Waals surface area contributed by atoms with E-state index in [0.717, 1.165) is 19.6 Å². The van der Waals surface area contributed by atoms with Gasteiger partial charge in [0.2, 0.25) is 10.0 Å². The van der Waals surface area contributed by atoms with E-state index in [4.69, 9.17) is 4.74 Å². The molecule has 0 aliphatic heterocycles. The van der Waals surface area contributed by atoms with Crippen molar-refractivity contribution in [2.75, 3.05) is 40.4 Å². The predicted octanol–water partition coefficient (Wildman–Crippen LogP) is 1.34. The van der Waals surface area contributed by atoms with Gasteiger partial charge in [-0.15, -0.1) is 0 Å². The van der Waals surface area contributed by atoms with E-state index in [2.05, 4.69) is 20.3 Å². The van der Waals surface area contributed by atoms with Gasteiger partial charge in [-0.25, -0.2) is 13.1 Å². The Morgan fingerprint density at radius 1 is 1.19 bits per heavy atom. The van der Waals surface area contributed by atoms with Crippen LogP contribution in [0.5, 0.6) is 0 Å². The molecule has 1 aromatic carbocycles. The van der Waals surface area contributed by atoms with Gasteiger partial charge in [-0.1, -0.05) is 24.6 Å². The molecule has 3 N–H and O–H groups in total. The lowest BCUT2D eigenvalue weighted by molar-refractivity contribution is 0.0732. The molecule has 0 radical (unpaired) electrons. The number of nitrogens with zero attached hydrogens (tertiary/aromatic N) is 1. The summed E-state index contributed by atoms with van der Waals surface area (Å²) in [4.78, 5) is 4.48. The van der Waals surface area contributed by atoms with E-state index >= 15 is 0 Å². The second-order valence-electron chi connectivity index (χ2n) is 6.66. The Morgan fingerprint density at radius 3 is 2.50 bits per heavy atom. The van der Waals surface area contributed by atoms with Crippen molar-refractivity contribution >= 4 is 16.0 Å². The van der Waals surface area contributed by atoms with Crippen molar-refractivity contribution in [3.8, 4) is 0 Å². The number of benzene rings is 1. The number of rotatable bonds is 10. The Labute approximate surface area is 156 Å². The SMILES string of the molecule is CN=C(NCCNS(=O)(=O)c1ccccc1)NCC1(CCOC)CCC1. The summed E-state index contributed by atoms with van der Waals surface area (Å²) in [5.41, 5.74) is 0.294. The van der Waals surface area contributed by atoms with Crippen LogP contribution in [0.2, 0.25) is 0 Å². The quantitative estimate of drug-likeness (QED) is 0.323. The average Bonchev–Trinajstić information content (AvgIpc) is 2.62. The predicted molar refractivity (Wildman–Crippen MR) is 104 cm³/mol. The van der Waals surface area contributed by atoms with Crippen LogP contribution in [0.4, 0.5) is 0 Å². The largest absolute Gasteiger partial charge is 0.385 e. The Bertz CT molecular complexity index is 673. The number of aliphatic imine (C=N–C) groups is 1. The zero-order chi connectivity index (χ0) is 18.9. The Morgan fingerprint density at radius 2 is 1.92 bits per heavy atom. The summed E-state index contributed by atoms with van der Waals surface area (Å²) >= 11 is 0. The molecule has 0 amide bonds. The second kappa shape index (κ2) is 9.89. The molecule has 1 saturated carbocycles. The van der Waals surface area contributed by atoms with E-state index in [0.29, 0.717) is 17.9 Å². The molecular weight excluding hydrogens is 352 g/mol. The first-order chi connectivity index (χ1) is 12.5. The number of guanidine groups is 1. The Hall–Kier alpha value is -1.64. The molecule has 26 heavy (non-hydrogen) atoms. The first kappa shape index (κ1) is 20.7. The molecule has 8 heteroatoms. The topological polar surface area (TPSA) is 91.8 Å². The fraction of sp³-hybridized carbons (Fsp3) is 0.611. The molecule has 0 saturated heterocycles. The Balaban J connectivity index is 1.72. The molecule has 7 nitrogen and oxygen atoms in total. The summed E-state index contributed by atoms with van der Waals surface area (Å²) in [7, 11) is -0.0225. The minimum atomic E-state index is -3.47. The van der Waals surface area contributed by atoms with Gasteiger partial charge in [0, 0.05) is 40.4 Å². The van der Waals surface area contributed by atoms with Gasteiger partial charge < -0.3 is 15.4 Å². The zero-order valence-electron chi connectivity index (χ0n) is 15.6. The molecule has 0 bridgehead atoms. The van der Waals surface area contributed by atoms with E-state index in [1.807, 2.05) is 0 Å². The molecule has 1 aromatic rings. The average molecular weight is 383 g/mol. The monoisotopic (exact) mass is 382 g/mol. The highest BCUT2D eigenvalue weighted by atomic mass is 32.2. The highest BCUT2D eigenvalue weighted by Gasteiger charge is 2.36. The van der Waals surface area contributed by atoms with Crippen molar-refractivity contribution in [3.05, 3.63) is 30.3 Å². The van der Waals surface area contributed by atoms with Crippen molar-refractivity contribution < 1.29 is 13.2 Å². The maximum Gasteiger partial charge on any atom is 0.240 e. The molecule has 146 valence electrons. The maximum absolute atomic E-state index is 12.2. The lowest BCUT2D eigenvalue weighted by Crippen LogP contribution is -2.48. The number of hydrogen-bond acceptors (Lipinski definition) is 4. The fourth-order valence-electron chi connectivity index (χ4n) is 3.05. The van der Waals surface area contributed by atoms with E-state index < -0.39 is 10.0 Å². The number of methoxy groups -OCH3 is 1. The molecule has 0 unspecified atom stereocenters. The van der Waals surface area contributed by atoms with Gasteiger partial charge >= 0.3 is 0 Å². The van der Waals surface area contributed by atoms with Crippen LogP contribution < -0.4 is 15.4 Å². The van der Waals surface area contributed by atoms with Gasteiger partial charge in [0.25, 0.3) is 0 Å². The third-order valence-corrected chi connectivity index (χ3v) is 6.35. The lowest BCUT2D eigenvalue weighted by Gasteiger charge is -2.42. The van der Waals surface area contributed by atoms with Crippen molar-refractivity contribution in [1.82, 2.24) is 15.4 Å². The smallest absolute Gasteiger partial charge is 0.240 e. The summed E-state index contributed by atoms with van der Waals surface area (Å²) in [5.74, 6) is 0.688. The van der Waals surface area contributed by atoms with E-state index in [1.165, 1.54) is 19.3 Å². The molecular formula is C18H30N4O3S. The van der Waals surface area contributed by atoms with Crippen LogP contribution in [0.15, 0.2) is 40.2 Å². The lowest BCUT2D eigenvalue weighted by atomic mass is 9.67. The molecule has 0 heterocycles. The fourth-order valence-corrected chi connectivity index (χ4v) is 4.10. The zero-order valence-corrected chi connectivity index (χ0v) is 16.4. The minimum absolute atomic E-state index is 0.271. The van der Waals surface area contributed by atoms with E-state index in [1.54, 1.807) is 44.5 Å². The van der Waals surface area contributed by atoms with Crippen LogP contribution in [0.3, 0.4) is 0 Å². The van der Waals surface area contributed by atoms with Crippen molar-refractivity contribution in [2.24, 2.45) is 10.4 Å². The highest BCUT2D eigenvalue weighted by Crippen LogP contribution is 2.43. The molecule has 0 atom stereocenters. The first-order valence-electron chi connectivity index (χ1n) is 8.99. The van der Waals surface area contributed by atoms with Crippen molar-refractivity contribution in [3.63, 3.8) is 0 Å². The van der Waals surface area contributed by atoms with Gasteiger partial charge in [-0.05, 0) is 36.8 Å². The van der Waals surface area contributed by atoms with Gasteiger partial charge in [0.1, 0.15) is 0 Å². The summed E-state index contributed by atoms with van der Waals surface area (Å²) in [5, 5.41) is 6.51. The third-order valence-electron chi connectivity index (χ3n) is 4.87. The van der Waals surface area contributed by atoms with E-state index in [9.17, 15) is 8.42 Å². The molecule has 0 aromatic heterocycles. The summed E-state index contributed by atoms with van der Waals surface area (Å²) in [6.45, 7) is 2.37. The first-order valence-corrected chi connectivity index (χ1v) is 10.5. The van der Waals surface area contributed by atoms with Crippen LogP contribution in [0.1, 0.15) is 25.7 Å². The van der Waals surface area contributed by atoms with Gasteiger partial charge in [0.15, 0.2) is 5.96 Å².